The lowest BCUT2D eigenvalue weighted by Gasteiger charge is -2.30. The Morgan fingerprint density at radius 3 is 3.00 bits per heavy atom. The molecule has 2 unspecified atom stereocenters. The molecule has 2 atom stereocenters. The van der Waals surface area contributed by atoms with Gasteiger partial charge in [0, 0.05) is 0 Å². The summed E-state index contributed by atoms with van der Waals surface area (Å²) in [4.78, 5) is 11.9. The third-order valence-electron chi connectivity index (χ3n) is 3.92. The Labute approximate surface area is 108 Å². The molecule has 1 N–H and O–H groups in total. The van der Waals surface area contributed by atoms with Gasteiger partial charge in [-0.05, 0) is 54.9 Å². The Morgan fingerprint density at radius 1 is 1.56 bits per heavy atom. The van der Waals surface area contributed by atoms with E-state index in [1.54, 1.807) is 6.07 Å². The van der Waals surface area contributed by atoms with E-state index in [0.717, 1.165) is 31.2 Å². The number of carbonyl (C=O) groups excluding carboxylic acids is 1. The molecule has 0 spiro atoms. The van der Waals surface area contributed by atoms with E-state index >= 15 is 0 Å². The molecular formula is C15H20O3. The average Bonchev–Trinajstić information content (AvgIpc) is 2.39. The lowest BCUT2D eigenvalue weighted by Crippen LogP contribution is -2.26. The Kier molecular flexibility index (Phi) is 3.90. The van der Waals surface area contributed by atoms with Crippen LogP contribution in [0.2, 0.25) is 0 Å². The first kappa shape index (κ1) is 12.9. The summed E-state index contributed by atoms with van der Waals surface area (Å²) in [6, 6.07) is 5.51. The molecule has 2 rings (SSSR count). The van der Waals surface area contributed by atoms with Gasteiger partial charge in [0.05, 0.1) is 13.0 Å². The van der Waals surface area contributed by atoms with Crippen molar-refractivity contribution in [2.75, 3.05) is 7.11 Å². The van der Waals surface area contributed by atoms with E-state index in [-0.39, 0.29) is 23.6 Å². The molecule has 1 aliphatic carbocycles. The van der Waals surface area contributed by atoms with Crippen LogP contribution in [0.3, 0.4) is 0 Å². The second kappa shape index (κ2) is 5.42. The van der Waals surface area contributed by atoms with Crippen molar-refractivity contribution in [3.8, 4) is 5.75 Å². The first-order valence-electron chi connectivity index (χ1n) is 6.57. The maximum atomic E-state index is 11.9. The minimum atomic E-state index is -0.140. The van der Waals surface area contributed by atoms with Gasteiger partial charge < -0.3 is 9.84 Å². The lowest BCUT2D eigenvalue weighted by molar-refractivity contribution is -0.146. The van der Waals surface area contributed by atoms with Crippen molar-refractivity contribution < 1.29 is 14.6 Å². The highest BCUT2D eigenvalue weighted by molar-refractivity contribution is 5.73. The van der Waals surface area contributed by atoms with Crippen LogP contribution in [0.15, 0.2) is 18.2 Å². The van der Waals surface area contributed by atoms with Crippen molar-refractivity contribution in [1.29, 1.82) is 0 Å². The molecule has 3 nitrogen and oxygen atoms in total. The summed E-state index contributed by atoms with van der Waals surface area (Å²) in [6.07, 6.45) is 3.89. The third-order valence-corrected chi connectivity index (χ3v) is 3.92. The van der Waals surface area contributed by atoms with E-state index in [1.807, 2.05) is 19.1 Å². The normalized spacial score (nSPS) is 20.0. The number of hydrogen-bond acceptors (Lipinski definition) is 3. The number of hydrogen-bond donors (Lipinski definition) is 1. The van der Waals surface area contributed by atoms with Gasteiger partial charge in [0.15, 0.2) is 0 Å². The topological polar surface area (TPSA) is 46.5 Å². The molecule has 0 heterocycles. The molecule has 0 aromatic heterocycles. The molecule has 0 fully saturated rings. The van der Waals surface area contributed by atoms with Crippen molar-refractivity contribution >= 4 is 5.97 Å². The van der Waals surface area contributed by atoms with E-state index in [0.29, 0.717) is 0 Å². The van der Waals surface area contributed by atoms with E-state index in [1.165, 1.54) is 12.7 Å². The number of aryl methyl sites for hydroxylation is 1. The molecule has 0 radical (unpaired) electrons. The molecule has 0 aliphatic heterocycles. The highest BCUT2D eigenvalue weighted by Gasteiger charge is 2.32. The fourth-order valence-corrected chi connectivity index (χ4v) is 3.01. The summed E-state index contributed by atoms with van der Waals surface area (Å²) in [7, 11) is 1.44. The number of aromatic hydroxyl groups is 1. The van der Waals surface area contributed by atoms with Gasteiger partial charge in [-0.2, -0.15) is 0 Å². The Balaban J connectivity index is 2.36. The lowest BCUT2D eigenvalue weighted by atomic mass is 9.74. The van der Waals surface area contributed by atoms with Crippen molar-refractivity contribution in [2.45, 2.75) is 38.5 Å². The van der Waals surface area contributed by atoms with Gasteiger partial charge in [-0.25, -0.2) is 0 Å². The molecule has 1 aromatic rings. The van der Waals surface area contributed by atoms with Crippen LogP contribution < -0.4 is 0 Å². The number of rotatable bonds is 3. The number of phenols is 1. The van der Waals surface area contributed by atoms with Gasteiger partial charge in [-0.1, -0.05) is 13.0 Å². The number of esters is 1. The largest absolute Gasteiger partial charge is 0.508 e. The van der Waals surface area contributed by atoms with Gasteiger partial charge in [-0.15, -0.1) is 0 Å². The van der Waals surface area contributed by atoms with Crippen molar-refractivity contribution in [3.63, 3.8) is 0 Å². The number of ether oxygens (including phenoxy) is 1. The van der Waals surface area contributed by atoms with Crippen LogP contribution in [-0.4, -0.2) is 18.2 Å². The highest BCUT2D eigenvalue weighted by Crippen LogP contribution is 2.40. The summed E-state index contributed by atoms with van der Waals surface area (Å²) >= 11 is 0. The van der Waals surface area contributed by atoms with E-state index < -0.39 is 0 Å². The van der Waals surface area contributed by atoms with Crippen LogP contribution in [-0.2, 0) is 16.0 Å². The van der Waals surface area contributed by atoms with Gasteiger partial charge in [0.1, 0.15) is 5.75 Å². The summed E-state index contributed by atoms with van der Waals surface area (Å²) in [5.41, 5.74) is 2.38. The zero-order valence-corrected chi connectivity index (χ0v) is 11.0. The average molecular weight is 248 g/mol. The second-order valence-electron chi connectivity index (χ2n) is 4.92. The Hall–Kier alpha value is -1.51. The van der Waals surface area contributed by atoms with Crippen LogP contribution in [0.25, 0.3) is 0 Å². The molecular weight excluding hydrogens is 228 g/mol. The van der Waals surface area contributed by atoms with Crippen molar-refractivity contribution in [3.05, 3.63) is 29.3 Å². The number of benzene rings is 1. The van der Waals surface area contributed by atoms with Crippen LogP contribution in [0, 0.1) is 5.92 Å². The Morgan fingerprint density at radius 2 is 2.33 bits per heavy atom. The third kappa shape index (κ3) is 2.35. The van der Waals surface area contributed by atoms with Gasteiger partial charge in [0.25, 0.3) is 0 Å². The minimum Gasteiger partial charge on any atom is -0.508 e. The molecule has 0 saturated heterocycles. The first-order chi connectivity index (χ1) is 8.67. The van der Waals surface area contributed by atoms with Gasteiger partial charge in [0.2, 0.25) is 0 Å². The quantitative estimate of drug-likeness (QED) is 0.836. The molecule has 98 valence electrons. The standard InChI is InChI=1S/C15H20O3/c1-3-12(15(17)18-2)13-6-4-5-10-7-8-11(16)9-14(10)13/h7-9,12-13,16H,3-6H2,1-2H3. The van der Waals surface area contributed by atoms with Crippen molar-refractivity contribution in [1.82, 2.24) is 0 Å². The van der Waals surface area contributed by atoms with Crippen LogP contribution in [0.4, 0.5) is 0 Å². The number of carbonyl (C=O) groups is 1. The highest BCUT2D eigenvalue weighted by atomic mass is 16.5. The van der Waals surface area contributed by atoms with Crippen LogP contribution >= 0.6 is 0 Å². The van der Waals surface area contributed by atoms with Crippen LogP contribution in [0.1, 0.15) is 43.2 Å². The Bertz CT molecular complexity index is 439. The number of fused-ring (bicyclic) bond motifs is 1. The first-order valence-corrected chi connectivity index (χ1v) is 6.57. The molecule has 0 saturated carbocycles. The number of phenolic OH excluding ortho intramolecular Hbond substituents is 1. The monoisotopic (exact) mass is 248 g/mol. The summed E-state index contributed by atoms with van der Waals surface area (Å²) < 4.78 is 4.90. The zero-order valence-electron chi connectivity index (χ0n) is 11.0. The number of methoxy groups -OCH3 is 1. The van der Waals surface area contributed by atoms with Crippen LogP contribution in [0.5, 0.6) is 5.75 Å². The fourth-order valence-electron chi connectivity index (χ4n) is 3.01. The van der Waals surface area contributed by atoms with E-state index in [9.17, 15) is 9.90 Å². The molecule has 0 amide bonds. The summed E-state index contributed by atoms with van der Waals surface area (Å²) in [5.74, 6) is 0.216. The summed E-state index contributed by atoms with van der Waals surface area (Å²) in [6.45, 7) is 2.01. The van der Waals surface area contributed by atoms with Gasteiger partial charge >= 0.3 is 5.97 Å². The van der Waals surface area contributed by atoms with E-state index in [2.05, 4.69) is 0 Å². The predicted molar refractivity (Wildman–Crippen MR) is 69.6 cm³/mol. The summed E-state index contributed by atoms with van der Waals surface area (Å²) in [5, 5.41) is 9.64. The molecule has 0 bridgehead atoms. The fraction of sp³-hybridized carbons (Fsp3) is 0.533. The molecule has 1 aromatic carbocycles. The van der Waals surface area contributed by atoms with E-state index in [4.69, 9.17) is 4.74 Å². The SMILES string of the molecule is CCC(C(=O)OC)C1CCCc2ccc(O)cc21. The maximum Gasteiger partial charge on any atom is 0.309 e. The molecule has 18 heavy (non-hydrogen) atoms. The predicted octanol–water partition coefficient (Wildman–Crippen LogP) is 3.01. The zero-order chi connectivity index (χ0) is 13.1. The maximum absolute atomic E-state index is 11.9. The minimum absolute atomic E-state index is 0.101. The smallest absolute Gasteiger partial charge is 0.309 e. The molecule has 1 aliphatic rings. The van der Waals surface area contributed by atoms with Gasteiger partial charge in [-0.3, -0.25) is 4.79 Å². The second-order valence-corrected chi connectivity index (χ2v) is 4.92. The van der Waals surface area contributed by atoms with Crippen molar-refractivity contribution in [2.24, 2.45) is 5.92 Å². The molecule has 3 heteroatoms.